The fourth-order valence-corrected chi connectivity index (χ4v) is 1.90. The van der Waals surface area contributed by atoms with Gasteiger partial charge in [-0.1, -0.05) is 18.2 Å². The number of para-hydroxylation sites is 1. The summed E-state index contributed by atoms with van der Waals surface area (Å²) in [5, 5.41) is 0. The van der Waals surface area contributed by atoms with Gasteiger partial charge in [-0.15, -0.1) is 0 Å². The third-order valence-electron chi connectivity index (χ3n) is 2.86. The summed E-state index contributed by atoms with van der Waals surface area (Å²) in [5.74, 6) is 1.07. The van der Waals surface area contributed by atoms with Gasteiger partial charge < -0.3 is 9.47 Å². The summed E-state index contributed by atoms with van der Waals surface area (Å²) in [6.07, 6.45) is 1.04. The first-order valence-electron chi connectivity index (χ1n) is 4.69. The van der Waals surface area contributed by atoms with Crippen molar-refractivity contribution in [2.24, 2.45) is 0 Å². The van der Waals surface area contributed by atoms with Crippen LogP contribution in [0.2, 0.25) is 0 Å². The van der Waals surface area contributed by atoms with E-state index >= 15 is 0 Å². The lowest BCUT2D eigenvalue weighted by Crippen LogP contribution is -2.04. The van der Waals surface area contributed by atoms with Gasteiger partial charge in [-0.05, 0) is 12.5 Å². The molecular formula is C11H12O2. The molecule has 0 aliphatic carbocycles. The van der Waals surface area contributed by atoms with E-state index in [4.69, 9.17) is 9.47 Å². The molecule has 0 saturated carbocycles. The Kier molecular flexibility index (Phi) is 1.29. The molecule has 1 aromatic carbocycles. The Labute approximate surface area is 77.5 Å². The lowest BCUT2D eigenvalue weighted by molar-refractivity contribution is 0.307. The molecule has 0 spiro atoms. The maximum absolute atomic E-state index is 5.62. The number of ether oxygens (including phenoxy) is 2. The molecule has 68 valence electrons. The lowest BCUT2D eigenvalue weighted by atomic mass is 9.98. The van der Waals surface area contributed by atoms with Crippen LogP contribution in [-0.4, -0.2) is 13.2 Å². The van der Waals surface area contributed by atoms with Crippen molar-refractivity contribution in [3.63, 3.8) is 0 Å². The topological polar surface area (TPSA) is 21.8 Å². The highest BCUT2D eigenvalue weighted by atomic mass is 16.6. The molecule has 2 heteroatoms. The van der Waals surface area contributed by atoms with Gasteiger partial charge in [0.2, 0.25) is 0 Å². The van der Waals surface area contributed by atoms with Crippen LogP contribution in [0, 0.1) is 0 Å². The summed E-state index contributed by atoms with van der Waals surface area (Å²) < 4.78 is 11.0. The number of benzene rings is 1. The minimum absolute atomic E-state index is 0.0598. The zero-order valence-electron chi connectivity index (χ0n) is 7.67. The van der Waals surface area contributed by atoms with Gasteiger partial charge in [0.05, 0.1) is 13.2 Å². The van der Waals surface area contributed by atoms with Crippen LogP contribution in [0.5, 0.6) is 5.75 Å². The Morgan fingerprint density at radius 3 is 3.00 bits per heavy atom. The van der Waals surface area contributed by atoms with Crippen molar-refractivity contribution in [1.82, 2.24) is 0 Å². The van der Waals surface area contributed by atoms with Crippen molar-refractivity contribution >= 4 is 0 Å². The fraction of sp³-hybridized carbons (Fsp3) is 0.455. The maximum atomic E-state index is 5.62. The van der Waals surface area contributed by atoms with Crippen molar-refractivity contribution in [3.05, 3.63) is 29.3 Å². The molecule has 2 nitrogen and oxygen atoms in total. The predicted octanol–water partition coefficient (Wildman–Crippen LogP) is 1.87. The Balaban J connectivity index is 2.15. The molecule has 1 unspecified atom stereocenters. The quantitative estimate of drug-likeness (QED) is 0.609. The second kappa shape index (κ2) is 2.26. The Morgan fingerprint density at radius 2 is 2.23 bits per heavy atom. The third kappa shape index (κ3) is 0.985. The summed E-state index contributed by atoms with van der Waals surface area (Å²) in [6.45, 7) is 3.76. The van der Waals surface area contributed by atoms with E-state index in [1.54, 1.807) is 0 Å². The number of epoxide rings is 1. The summed E-state index contributed by atoms with van der Waals surface area (Å²) >= 11 is 0. The van der Waals surface area contributed by atoms with E-state index in [0.717, 1.165) is 25.4 Å². The monoisotopic (exact) mass is 176 g/mol. The minimum atomic E-state index is -0.0598. The molecule has 0 bridgehead atoms. The maximum Gasteiger partial charge on any atom is 0.128 e. The lowest BCUT2D eigenvalue weighted by Gasteiger charge is -2.10. The van der Waals surface area contributed by atoms with Crippen LogP contribution in [0.3, 0.4) is 0 Å². The highest BCUT2D eigenvalue weighted by Gasteiger charge is 2.44. The highest BCUT2D eigenvalue weighted by molar-refractivity contribution is 5.48. The van der Waals surface area contributed by atoms with Crippen LogP contribution in [0.25, 0.3) is 0 Å². The van der Waals surface area contributed by atoms with Gasteiger partial charge >= 0.3 is 0 Å². The number of hydrogen-bond donors (Lipinski definition) is 0. The molecule has 0 aromatic heterocycles. The molecule has 2 aliphatic rings. The van der Waals surface area contributed by atoms with Crippen LogP contribution >= 0.6 is 0 Å². The van der Waals surface area contributed by atoms with Crippen molar-refractivity contribution in [2.45, 2.75) is 18.9 Å². The van der Waals surface area contributed by atoms with Gasteiger partial charge in [-0.2, -0.15) is 0 Å². The predicted molar refractivity (Wildman–Crippen MR) is 48.9 cm³/mol. The van der Waals surface area contributed by atoms with E-state index in [9.17, 15) is 0 Å². The van der Waals surface area contributed by atoms with E-state index in [1.807, 2.05) is 0 Å². The summed E-state index contributed by atoms with van der Waals surface area (Å²) in [5.41, 5.74) is 2.49. The largest absolute Gasteiger partial charge is 0.493 e. The van der Waals surface area contributed by atoms with Gasteiger partial charge in [0, 0.05) is 12.0 Å². The second-order valence-corrected chi connectivity index (χ2v) is 3.91. The molecule has 1 saturated heterocycles. The molecule has 0 radical (unpaired) electrons. The summed E-state index contributed by atoms with van der Waals surface area (Å²) in [4.78, 5) is 0. The average molecular weight is 176 g/mol. The Morgan fingerprint density at radius 1 is 1.38 bits per heavy atom. The average Bonchev–Trinajstić information content (AvgIpc) is 2.72. The zero-order chi connectivity index (χ0) is 8.89. The number of rotatable bonds is 1. The fourth-order valence-electron chi connectivity index (χ4n) is 1.90. The van der Waals surface area contributed by atoms with Crippen molar-refractivity contribution in [1.29, 1.82) is 0 Å². The van der Waals surface area contributed by atoms with Crippen molar-refractivity contribution in [3.8, 4) is 5.75 Å². The molecule has 0 amide bonds. The molecule has 13 heavy (non-hydrogen) atoms. The molecule has 3 rings (SSSR count). The van der Waals surface area contributed by atoms with E-state index < -0.39 is 0 Å². The molecule has 2 heterocycles. The van der Waals surface area contributed by atoms with Gasteiger partial charge in [-0.25, -0.2) is 0 Å². The number of hydrogen-bond acceptors (Lipinski definition) is 2. The number of fused-ring (bicyclic) bond motifs is 1. The molecule has 1 aromatic rings. The summed E-state index contributed by atoms with van der Waals surface area (Å²) in [6, 6.07) is 6.34. The summed E-state index contributed by atoms with van der Waals surface area (Å²) in [7, 11) is 0. The molecular weight excluding hydrogens is 164 g/mol. The van der Waals surface area contributed by atoms with Gasteiger partial charge in [-0.3, -0.25) is 0 Å². The zero-order valence-corrected chi connectivity index (χ0v) is 7.67. The van der Waals surface area contributed by atoms with Crippen LogP contribution in [0.1, 0.15) is 18.1 Å². The first-order chi connectivity index (χ1) is 6.30. The van der Waals surface area contributed by atoms with Crippen LogP contribution < -0.4 is 4.74 Å². The van der Waals surface area contributed by atoms with E-state index in [2.05, 4.69) is 25.1 Å². The molecule has 0 N–H and O–H groups in total. The van der Waals surface area contributed by atoms with Crippen molar-refractivity contribution in [2.75, 3.05) is 13.2 Å². The molecule has 1 atom stereocenters. The first kappa shape index (κ1) is 7.39. The second-order valence-electron chi connectivity index (χ2n) is 3.91. The van der Waals surface area contributed by atoms with E-state index in [-0.39, 0.29) is 5.60 Å². The molecule has 1 fully saturated rings. The van der Waals surface area contributed by atoms with Crippen LogP contribution in [0.4, 0.5) is 0 Å². The Hall–Kier alpha value is -1.02. The normalized spacial score (nSPS) is 29.6. The van der Waals surface area contributed by atoms with E-state index in [1.165, 1.54) is 11.1 Å². The van der Waals surface area contributed by atoms with Gasteiger partial charge in [0.25, 0.3) is 0 Å². The first-order valence-corrected chi connectivity index (χ1v) is 4.69. The van der Waals surface area contributed by atoms with Crippen LogP contribution in [0.15, 0.2) is 18.2 Å². The standard InChI is InChI=1S/C11H12O2/c1-11(7-13-11)9-4-2-3-8-5-6-12-10(8)9/h2-4H,5-7H2,1H3. The van der Waals surface area contributed by atoms with E-state index in [0.29, 0.717) is 0 Å². The van der Waals surface area contributed by atoms with Crippen molar-refractivity contribution < 1.29 is 9.47 Å². The SMILES string of the molecule is CC1(c2cccc3c2OCC3)CO1. The minimum Gasteiger partial charge on any atom is -0.493 e. The Bertz CT molecular complexity index is 353. The molecule has 2 aliphatic heterocycles. The van der Waals surface area contributed by atoms with Gasteiger partial charge in [0.1, 0.15) is 11.4 Å². The van der Waals surface area contributed by atoms with Gasteiger partial charge in [0.15, 0.2) is 0 Å². The van der Waals surface area contributed by atoms with Crippen LogP contribution in [-0.2, 0) is 16.8 Å². The highest BCUT2D eigenvalue weighted by Crippen LogP contribution is 2.45. The smallest absolute Gasteiger partial charge is 0.128 e. The third-order valence-corrected chi connectivity index (χ3v) is 2.86.